The molecular weight excluding hydrogens is 349 g/mol. The normalized spacial score (nSPS) is 27.9. The minimum atomic E-state index is -3.69. The summed E-state index contributed by atoms with van der Waals surface area (Å²) in [4.78, 5) is 12.1. The molecule has 1 saturated heterocycles. The number of benzene rings is 1. The van der Waals surface area contributed by atoms with Gasteiger partial charge in [0.25, 0.3) is 0 Å². The first kappa shape index (κ1) is 15.4. The van der Waals surface area contributed by atoms with Gasteiger partial charge < -0.3 is 5.32 Å². The zero-order chi connectivity index (χ0) is 15.3. The number of carbonyl (C=O) groups excluding carboxylic acids is 1. The van der Waals surface area contributed by atoms with E-state index < -0.39 is 31.8 Å². The Labute approximate surface area is 125 Å². The molecule has 0 saturated carbocycles. The molecule has 0 aliphatic carbocycles. The number of nitrogens with one attached hydrogen (secondary N) is 1. The van der Waals surface area contributed by atoms with Crippen molar-refractivity contribution in [3.8, 4) is 0 Å². The standard InChI is InChI=1S/C13H15BrFNO3S/c1-12(2)11(17)16-13(3,7-20(12,18)19)9-6-8(14)4-5-10(9)15/h4-6H,7H2,1-3H3,(H,16,17)/t13-/m0/s1. The minimum Gasteiger partial charge on any atom is -0.344 e. The molecule has 20 heavy (non-hydrogen) atoms. The first-order chi connectivity index (χ1) is 8.99. The molecule has 110 valence electrons. The molecule has 0 radical (unpaired) electrons. The summed E-state index contributed by atoms with van der Waals surface area (Å²) >= 11 is 3.22. The second-order valence-corrected chi connectivity index (χ2v) is 9.13. The summed E-state index contributed by atoms with van der Waals surface area (Å²) in [6, 6.07) is 4.25. The van der Waals surface area contributed by atoms with E-state index in [1.54, 1.807) is 0 Å². The number of hydrogen-bond donors (Lipinski definition) is 1. The van der Waals surface area contributed by atoms with Gasteiger partial charge in [0.05, 0.1) is 11.3 Å². The van der Waals surface area contributed by atoms with Crippen LogP contribution in [0.2, 0.25) is 0 Å². The zero-order valence-corrected chi connectivity index (χ0v) is 13.7. The number of hydrogen-bond acceptors (Lipinski definition) is 3. The second kappa shape index (κ2) is 4.53. The van der Waals surface area contributed by atoms with Crippen LogP contribution in [0.25, 0.3) is 0 Å². The van der Waals surface area contributed by atoms with Crippen LogP contribution in [0, 0.1) is 5.82 Å². The van der Waals surface area contributed by atoms with Crippen LogP contribution in [-0.4, -0.2) is 24.8 Å². The average Bonchev–Trinajstić information content (AvgIpc) is 2.29. The monoisotopic (exact) mass is 363 g/mol. The van der Waals surface area contributed by atoms with E-state index in [9.17, 15) is 17.6 Å². The molecule has 0 aromatic heterocycles. The van der Waals surface area contributed by atoms with Crippen molar-refractivity contribution in [3.05, 3.63) is 34.1 Å². The highest BCUT2D eigenvalue weighted by molar-refractivity contribution is 9.10. The molecule has 1 heterocycles. The van der Waals surface area contributed by atoms with E-state index in [-0.39, 0.29) is 11.3 Å². The molecule has 1 aliphatic rings. The molecule has 0 unspecified atom stereocenters. The van der Waals surface area contributed by atoms with E-state index >= 15 is 0 Å². The lowest BCUT2D eigenvalue weighted by molar-refractivity contribution is -0.125. The Balaban J connectivity index is 2.58. The molecule has 1 atom stereocenters. The molecule has 2 rings (SSSR count). The summed E-state index contributed by atoms with van der Waals surface area (Å²) in [5, 5.41) is 2.64. The van der Waals surface area contributed by atoms with Crippen molar-refractivity contribution in [2.24, 2.45) is 0 Å². The molecule has 0 spiro atoms. The highest BCUT2D eigenvalue weighted by atomic mass is 79.9. The number of rotatable bonds is 1. The summed E-state index contributed by atoms with van der Waals surface area (Å²) in [5.74, 6) is -1.51. The van der Waals surface area contributed by atoms with E-state index in [0.717, 1.165) is 0 Å². The second-order valence-electron chi connectivity index (χ2n) is 5.68. The number of carbonyl (C=O) groups is 1. The van der Waals surface area contributed by atoms with Gasteiger partial charge in [0.1, 0.15) is 10.6 Å². The highest BCUT2D eigenvalue weighted by Crippen LogP contribution is 2.35. The van der Waals surface area contributed by atoms with Gasteiger partial charge in [-0.25, -0.2) is 12.8 Å². The van der Waals surface area contributed by atoms with E-state index in [1.165, 1.54) is 39.0 Å². The van der Waals surface area contributed by atoms with Gasteiger partial charge in [-0.05, 0) is 39.0 Å². The van der Waals surface area contributed by atoms with Crippen LogP contribution >= 0.6 is 15.9 Å². The maximum Gasteiger partial charge on any atom is 0.241 e. The van der Waals surface area contributed by atoms with Crippen LogP contribution in [0.1, 0.15) is 26.3 Å². The van der Waals surface area contributed by atoms with Gasteiger partial charge in [0.15, 0.2) is 9.84 Å². The van der Waals surface area contributed by atoms with Crippen LogP contribution < -0.4 is 5.32 Å². The molecule has 4 nitrogen and oxygen atoms in total. The largest absolute Gasteiger partial charge is 0.344 e. The lowest BCUT2D eigenvalue weighted by Crippen LogP contribution is -2.64. The molecule has 1 fully saturated rings. The van der Waals surface area contributed by atoms with Crippen molar-refractivity contribution in [1.29, 1.82) is 0 Å². The summed E-state index contributed by atoms with van der Waals surface area (Å²) in [5.41, 5.74) is -1.13. The predicted octanol–water partition coefficient (Wildman–Crippen LogP) is 2.13. The SMILES string of the molecule is CC1(C)C(=O)N[C@](C)(c2cc(Br)ccc2F)CS1(=O)=O. The zero-order valence-electron chi connectivity index (χ0n) is 11.3. The Morgan fingerprint density at radius 3 is 2.45 bits per heavy atom. The quantitative estimate of drug-likeness (QED) is 0.831. The Bertz CT molecular complexity index is 687. The fourth-order valence-corrected chi connectivity index (χ4v) is 4.25. The number of amides is 1. The van der Waals surface area contributed by atoms with Gasteiger partial charge in [-0.1, -0.05) is 15.9 Å². The predicted molar refractivity (Wildman–Crippen MR) is 77.5 cm³/mol. The summed E-state index contributed by atoms with van der Waals surface area (Å²) in [7, 11) is -3.69. The molecule has 7 heteroatoms. The van der Waals surface area contributed by atoms with Crippen LogP contribution in [0.5, 0.6) is 0 Å². The Kier molecular flexibility index (Phi) is 3.49. The summed E-state index contributed by atoms with van der Waals surface area (Å²) < 4.78 is 37.7. The first-order valence-electron chi connectivity index (χ1n) is 6.00. The molecule has 1 aromatic rings. The average molecular weight is 364 g/mol. The molecule has 1 N–H and O–H groups in total. The molecule has 1 aromatic carbocycles. The van der Waals surface area contributed by atoms with E-state index in [2.05, 4.69) is 21.2 Å². The van der Waals surface area contributed by atoms with Crippen molar-refractivity contribution in [2.75, 3.05) is 5.75 Å². The van der Waals surface area contributed by atoms with Crippen LogP contribution in [0.4, 0.5) is 4.39 Å². The lowest BCUT2D eigenvalue weighted by atomic mass is 9.92. The van der Waals surface area contributed by atoms with Crippen molar-refractivity contribution >= 4 is 31.7 Å². The van der Waals surface area contributed by atoms with Crippen molar-refractivity contribution in [2.45, 2.75) is 31.1 Å². The third-order valence-corrected chi connectivity index (χ3v) is 6.91. The van der Waals surface area contributed by atoms with Crippen LogP contribution in [-0.2, 0) is 20.2 Å². The smallest absolute Gasteiger partial charge is 0.241 e. The molecular formula is C13H15BrFNO3S. The third-order valence-electron chi connectivity index (χ3n) is 3.72. The Morgan fingerprint density at radius 1 is 1.30 bits per heavy atom. The first-order valence-corrected chi connectivity index (χ1v) is 8.45. The maximum absolute atomic E-state index is 14.0. The van der Waals surface area contributed by atoms with Crippen molar-refractivity contribution in [1.82, 2.24) is 5.32 Å². The molecule has 0 bridgehead atoms. The third kappa shape index (κ3) is 2.26. The number of sulfone groups is 1. The highest BCUT2D eigenvalue weighted by Gasteiger charge is 2.53. The van der Waals surface area contributed by atoms with E-state index in [0.29, 0.717) is 4.47 Å². The van der Waals surface area contributed by atoms with E-state index in [1.807, 2.05) is 0 Å². The molecule has 1 amide bonds. The van der Waals surface area contributed by atoms with E-state index in [4.69, 9.17) is 0 Å². The fraction of sp³-hybridized carbons (Fsp3) is 0.462. The summed E-state index contributed by atoms with van der Waals surface area (Å²) in [6.07, 6.45) is 0. The van der Waals surface area contributed by atoms with Gasteiger partial charge in [-0.15, -0.1) is 0 Å². The topological polar surface area (TPSA) is 63.2 Å². The lowest BCUT2D eigenvalue weighted by Gasteiger charge is -2.41. The Hall–Kier alpha value is -0.950. The number of halogens is 2. The van der Waals surface area contributed by atoms with Crippen LogP contribution in [0.15, 0.2) is 22.7 Å². The Morgan fingerprint density at radius 2 is 1.90 bits per heavy atom. The van der Waals surface area contributed by atoms with Crippen molar-refractivity contribution in [3.63, 3.8) is 0 Å². The molecule has 1 aliphatic heterocycles. The van der Waals surface area contributed by atoms with Crippen LogP contribution in [0.3, 0.4) is 0 Å². The van der Waals surface area contributed by atoms with Gasteiger partial charge in [0, 0.05) is 10.0 Å². The summed E-state index contributed by atoms with van der Waals surface area (Å²) in [6.45, 7) is 4.23. The van der Waals surface area contributed by atoms with Gasteiger partial charge in [-0.2, -0.15) is 0 Å². The van der Waals surface area contributed by atoms with Crippen molar-refractivity contribution < 1.29 is 17.6 Å². The van der Waals surface area contributed by atoms with Gasteiger partial charge in [-0.3, -0.25) is 4.79 Å². The minimum absolute atomic E-state index is 0.152. The maximum atomic E-state index is 14.0. The van der Waals surface area contributed by atoms with Gasteiger partial charge in [0.2, 0.25) is 5.91 Å². The fourth-order valence-electron chi connectivity index (χ4n) is 2.20. The van der Waals surface area contributed by atoms with Gasteiger partial charge >= 0.3 is 0 Å².